The van der Waals surface area contributed by atoms with Gasteiger partial charge in [0.2, 0.25) is 0 Å². The van der Waals surface area contributed by atoms with E-state index in [2.05, 4.69) is 5.32 Å². The summed E-state index contributed by atoms with van der Waals surface area (Å²) < 4.78 is 0. The van der Waals surface area contributed by atoms with Crippen LogP contribution in [-0.2, 0) is 9.59 Å². The highest BCUT2D eigenvalue weighted by Crippen LogP contribution is 2.20. The first-order chi connectivity index (χ1) is 10.4. The van der Waals surface area contributed by atoms with Crippen molar-refractivity contribution in [3.05, 3.63) is 53.6 Å². The predicted molar refractivity (Wildman–Crippen MR) is 86.1 cm³/mol. The third kappa shape index (κ3) is 3.25. The summed E-state index contributed by atoms with van der Waals surface area (Å²) in [6.07, 6.45) is 0. The van der Waals surface area contributed by atoms with Gasteiger partial charge in [-0.05, 0) is 55.3 Å². The summed E-state index contributed by atoms with van der Waals surface area (Å²) in [5, 5.41) is 11.9. The summed E-state index contributed by atoms with van der Waals surface area (Å²) in [5.41, 5.74) is 3.12. The zero-order valence-electron chi connectivity index (χ0n) is 12.8. The molecule has 22 heavy (non-hydrogen) atoms. The van der Waals surface area contributed by atoms with E-state index in [1.165, 1.54) is 24.1 Å². The van der Waals surface area contributed by atoms with Gasteiger partial charge in [0.1, 0.15) is 5.75 Å². The van der Waals surface area contributed by atoms with Crippen LogP contribution in [0.1, 0.15) is 11.1 Å². The predicted octanol–water partition coefficient (Wildman–Crippen LogP) is 2.61. The fourth-order valence-electron chi connectivity index (χ4n) is 2.01. The van der Waals surface area contributed by atoms with Gasteiger partial charge in [0.05, 0.1) is 0 Å². The number of carbonyl (C=O) groups is 2. The third-order valence-electron chi connectivity index (χ3n) is 3.59. The molecule has 0 bridgehead atoms. The number of benzene rings is 2. The van der Waals surface area contributed by atoms with Gasteiger partial charge in [-0.15, -0.1) is 0 Å². The maximum atomic E-state index is 12.2. The van der Waals surface area contributed by atoms with E-state index in [-0.39, 0.29) is 5.75 Å². The Morgan fingerprint density at radius 2 is 1.68 bits per heavy atom. The molecule has 0 aromatic heterocycles. The molecule has 0 aliphatic rings. The highest BCUT2D eigenvalue weighted by Gasteiger charge is 2.20. The Morgan fingerprint density at radius 1 is 1.05 bits per heavy atom. The number of rotatable bonds is 2. The molecule has 2 N–H and O–H groups in total. The molecule has 5 heteroatoms. The average molecular weight is 298 g/mol. The van der Waals surface area contributed by atoms with E-state index in [4.69, 9.17) is 0 Å². The van der Waals surface area contributed by atoms with Gasteiger partial charge in [-0.3, -0.25) is 9.59 Å². The van der Waals surface area contributed by atoms with Gasteiger partial charge < -0.3 is 15.3 Å². The van der Waals surface area contributed by atoms with Crippen molar-refractivity contribution in [1.29, 1.82) is 0 Å². The van der Waals surface area contributed by atoms with Gasteiger partial charge in [0, 0.05) is 18.4 Å². The van der Waals surface area contributed by atoms with Crippen molar-refractivity contribution < 1.29 is 14.7 Å². The van der Waals surface area contributed by atoms with Gasteiger partial charge in [-0.2, -0.15) is 0 Å². The molecule has 0 heterocycles. The lowest BCUT2D eigenvalue weighted by Gasteiger charge is -2.17. The molecule has 0 aliphatic carbocycles. The SMILES string of the molecule is Cc1cccc(NC(=O)C(=O)N(C)c2ccc(O)cc2)c1C. The van der Waals surface area contributed by atoms with Crippen LogP contribution in [0.3, 0.4) is 0 Å². The number of anilines is 2. The second kappa shape index (κ2) is 6.30. The molecule has 0 saturated carbocycles. The maximum Gasteiger partial charge on any atom is 0.316 e. The Labute approximate surface area is 129 Å². The molecule has 2 amide bonds. The Bertz CT molecular complexity index is 708. The number of likely N-dealkylation sites (N-methyl/N-ethyl adjacent to an activating group) is 1. The Hall–Kier alpha value is -2.82. The van der Waals surface area contributed by atoms with Crippen LogP contribution >= 0.6 is 0 Å². The first kappa shape index (κ1) is 15.6. The van der Waals surface area contributed by atoms with Crippen molar-refractivity contribution in [3.8, 4) is 5.75 Å². The molecular weight excluding hydrogens is 280 g/mol. The number of aromatic hydroxyl groups is 1. The molecular formula is C17H18N2O3. The zero-order chi connectivity index (χ0) is 16.3. The molecule has 5 nitrogen and oxygen atoms in total. The number of phenols is 1. The molecule has 0 radical (unpaired) electrons. The van der Waals surface area contributed by atoms with Crippen LogP contribution in [0.2, 0.25) is 0 Å². The van der Waals surface area contributed by atoms with Gasteiger partial charge in [0.15, 0.2) is 0 Å². The Morgan fingerprint density at radius 3 is 2.32 bits per heavy atom. The summed E-state index contributed by atoms with van der Waals surface area (Å²) in [6.45, 7) is 3.83. The summed E-state index contributed by atoms with van der Waals surface area (Å²) in [4.78, 5) is 25.5. The van der Waals surface area contributed by atoms with Crippen molar-refractivity contribution in [2.45, 2.75) is 13.8 Å². The lowest BCUT2D eigenvalue weighted by Crippen LogP contribution is -2.37. The number of aryl methyl sites for hydroxylation is 1. The zero-order valence-corrected chi connectivity index (χ0v) is 12.8. The second-order valence-corrected chi connectivity index (χ2v) is 5.08. The number of amides is 2. The van der Waals surface area contributed by atoms with Crippen molar-refractivity contribution in [2.75, 3.05) is 17.3 Å². The maximum absolute atomic E-state index is 12.2. The number of nitrogens with zero attached hydrogens (tertiary/aromatic N) is 1. The number of hydrogen-bond acceptors (Lipinski definition) is 3. The van der Waals surface area contributed by atoms with E-state index < -0.39 is 11.8 Å². The highest BCUT2D eigenvalue weighted by atomic mass is 16.3. The van der Waals surface area contributed by atoms with E-state index in [1.54, 1.807) is 18.2 Å². The van der Waals surface area contributed by atoms with Crippen LogP contribution in [0.25, 0.3) is 0 Å². The molecule has 0 fully saturated rings. The Kier molecular flexibility index (Phi) is 4.46. The van der Waals surface area contributed by atoms with Crippen molar-refractivity contribution in [1.82, 2.24) is 0 Å². The summed E-state index contributed by atoms with van der Waals surface area (Å²) in [6, 6.07) is 11.6. The fourth-order valence-corrected chi connectivity index (χ4v) is 2.01. The molecule has 0 aliphatic heterocycles. The van der Waals surface area contributed by atoms with Crippen molar-refractivity contribution >= 4 is 23.2 Å². The van der Waals surface area contributed by atoms with Gasteiger partial charge >= 0.3 is 11.8 Å². The van der Waals surface area contributed by atoms with E-state index in [0.717, 1.165) is 11.1 Å². The van der Waals surface area contributed by atoms with Crippen molar-refractivity contribution in [3.63, 3.8) is 0 Å². The molecule has 2 rings (SSSR count). The van der Waals surface area contributed by atoms with Gasteiger partial charge in [0.25, 0.3) is 0 Å². The van der Waals surface area contributed by atoms with Crippen LogP contribution < -0.4 is 10.2 Å². The highest BCUT2D eigenvalue weighted by molar-refractivity contribution is 6.44. The minimum absolute atomic E-state index is 0.101. The molecule has 2 aromatic carbocycles. The smallest absolute Gasteiger partial charge is 0.316 e. The van der Waals surface area contributed by atoms with Crippen LogP contribution in [0.4, 0.5) is 11.4 Å². The largest absolute Gasteiger partial charge is 0.508 e. The van der Waals surface area contributed by atoms with E-state index in [0.29, 0.717) is 11.4 Å². The summed E-state index contributed by atoms with van der Waals surface area (Å²) >= 11 is 0. The average Bonchev–Trinajstić information content (AvgIpc) is 2.51. The summed E-state index contributed by atoms with van der Waals surface area (Å²) in [5.74, 6) is -1.28. The van der Waals surface area contributed by atoms with Gasteiger partial charge in [-0.1, -0.05) is 12.1 Å². The Balaban J connectivity index is 2.13. The molecule has 0 unspecified atom stereocenters. The van der Waals surface area contributed by atoms with Crippen LogP contribution in [0.15, 0.2) is 42.5 Å². The van der Waals surface area contributed by atoms with E-state index >= 15 is 0 Å². The monoisotopic (exact) mass is 298 g/mol. The van der Waals surface area contributed by atoms with Crippen LogP contribution in [-0.4, -0.2) is 24.0 Å². The minimum atomic E-state index is -0.704. The lowest BCUT2D eigenvalue weighted by atomic mass is 10.1. The summed E-state index contributed by atoms with van der Waals surface area (Å²) in [7, 11) is 1.51. The number of phenolic OH excluding ortho intramolecular Hbond substituents is 1. The van der Waals surface area contributed by atoms with Crippen LogP contribution in [0, 0.1) is 13.8 Å². The molecule has 114 valence electrons. The topological polar surface area (TPSA) is 69.6 Å². The molecule has 0 atom stereocenters. The molecule has 0 spiro atoms. The van der Waals surface area contributed by atoms with Crippen LogP contribution in [0.5, 0.6) is 5.75 Å². The normalized spacial score (nSPS) is 10.1. The van der Waals surface area contributed by atoms with E-state index in [1.807, 2.05) is 26.0 Å². The number of hydrogen-bond donors (Lipinski definition) is 2. The van der Waals surface area contributed by atoms with Gasteiger partial charge in [-0.25, -0.2) is 0 Å². The number of nitrogens with one attached hydrogen (secondary N) is 1. The first-order valence-electron chi connectivity index (χ1n) is 6.84. The molecule has 0 saturated heterocycles. The first-order valence-corrected chi connectivity index (χ1v) is 6.84. The fraction of sp³-hybridized carbons (Fsp3) is 0.176. The van der Waals surface area contributed by atoms with E-state index in [9.17, 15) is 14.7 Å². The third-order valence-corrected chi connectivity index (χ3v) is 3.59. The molecule has 2 aromatic rings. The standard InChI is InChI=1S/C17H18N2O3/c1-11-5-4-6-15(12(11)2)18-16(21)17(22)19(3)13-7-9-14(20)10-8-13/h4-10,20H,1-3H3,(H,18,21). The number of carbonyl (C=O) groups excluding carboxylic acids is 2. The quantitative estimate of drug-likeness (QED) is 0.837. The lowest BCUT2D eigenvalue weighted by molar-refractivity contribution is -0.134. The van der Waals surface area contributed by atoms with Crippen molar-refractivity contribution in [2.24, 2.45) is 0 Å². The second-order valence-electron chi connectivity index (χ2n) is 5.08. The minimum Gasteiger partial charge on any atom is -0.508 e.